The average Bonchev–Trinajstić information content (AvgIpc) is 2.70. The normalized spacial score (nSPS) is 11.6. The van der Waals surface area contributed by atoms with Crippen LogP contribution in [-0.4, -0.2) is 20.8 Å². The third-order valence-corrected chi connectivity index (χ3v) is 2.85. The fourth-order valence-electron chi connectivity index (χ4n) is 1.61. The number of hydrogen-bond donors (Lipinski definition) is 1. The quantitative estimate of drug-likeness (QED) is 0.772. The summed E-state index contributed by atoms with van der Waals surface area (Å²) < 4.78 is 1.97. The molecule has 0 aromatic carbocycles. The monoisotopic (exact) mass is 224 g/mol. The Bertz CT molecular complexity index is 289. The highest BCUT2D eigenvalue weighted by Crippen LogP contribution is 2.09. The second-order valence-corrected chi connectivity index (χ2v) is 4.60. The Morgan fingerprint density at radius 2 is 2.00 bits per heavy atom. The zero-order valence-electron chi connectivity index (χ0n) is 10.9. The lowest BCUT2D eigenvalue weighted by Crippen LogP contribution is -2.22. The molecule has 0 fully saturated rings. The number of nitrogens with one attached hydrogen (secondary N) is 1. The minimum Gasteiger partial charge on any atom is -0.308 e. The molecule has 16 heavy (non-hydrogen) atoms. The maximum Gasteiger partial charge on any atom is 0.164 e. The van der Waals surface area contributed by atoms with Gasteiger partial charge in [0.05, 0.1) is 6.54 Å². The first kappa shape index (κ1) is 13.2. The van der Waals surface area contributed by atoms with E-state index in [9.17, 15) is 0 Å². The maximum atomic E-state index is 4.46. The summed E-state index contributed by atoms with van der Waals surface area (Å²) in [6, 6.07) is 0.478. The minimum absolute atomic E-state index is 0.478. The lowest BCUT2D eigenvalue weighted by atomic mass is 10.0. The summed E-state index contributed by atoms with van der Waals surface area (Å²) in [6.07, 6.45) is 4.25. The SMILES string of the molecule is CCC(CC)Cn1cnc(CNC(C)C)n1. The van der Waals surface area contributed by atoms with E-state index in [4.69, 9.17) is 0 Å². The van der Waals surface area contributed by atoms with Gasteiger partial charge in [-0.2, -0.15) is 5.10 Å². The molecule has 0 saturated carbocycles. The van der Waals surface area contributed by atoms with Crippen LogP contribution in [-0.2, 0) is 13.1 Å². The molecule has 0 amide bonds. The van der Waals surface area contributed by atoms with Gasteiger partial charge in [0.1, 0.15) is 6.33 Å². The van der Waals surface area contributed by atoms with Crippen molar-refractivity contribution in [1.29, 1.82) is 0 Å². The molecule has 1 aromatic rings. The van der Waals surface area contributed by atoms with E-state index in [1.165, 1.54) is 12.8 Å². The van der Waals surface area contributed by atoms with Gasteiger partial charge >= 0.3 is 0 Å². The molecule has 4 nitrogen and oxygen atoms in total. The molecule has 1 rings (SSSR count). The lowest BCUT2D eigenvalue weighted by molar-refractivity contribution is 0.393. The number of aromatic nitrogens is 3. The molecule has 1 heterocycles. The molecule has 0 radical (unpaired) electrons. The van der Waals surface area contributed by atoms with E-state index < -0.39 is 0 Å². The molecule has 0 atom stereocenters. The Labute approximate surface area is 98.5 Å². The van der Waals surface area contributed by atoms with Crippen molar-refractivity contribution in [3.05, 3.63) is 12.2 Å². The van der Waals surface area contributed by atoms with E-state index in [-0.39, 0.29) is 0 Å². The Kier molecular flexibility index (Phi) is 5.46. The molecule has 92 valence electrons. The first-order chi connectivity index (χ1) is 7.65. The number of hydrogen-bond acceptors (Lipinski definition) is 3. The van der Waals surface area contributed by atoms with Gasteiger partial charge in [0.25, 0.3) is 0 Å². The number of rotatable bonds is 7. The van der Waals surface area contributed by atoms with Gasteiger partial charge in [-0.3, -0.25) is 4.68 Å². The van der Waals surface area contributed by atoms with E-state index in [2.05, 4.69) is 43.1 Å². The van der Waals surface area contributed by atoms with Crippen LogP contribution in [0, 0.1) is 5.92 Å². The van der Waals surface area contributed by atoms with Crippen molar-refractivity contribution in [1.82, 2.24) is 20.1 Å². The highest BCUT2D eigenvalue weighted by molar-refractivity contribution is 4.81. The van der Waals surface area contributed by atoms with Crippen LogP contribution in [0.25, 0.3) is 0 Å². The molecule has 0 saturated heterocycles. The zero-order valence-corrected chi connectivity index (χ0v) is 10.9. The van der Waals surface area contributed by atoms with Crippen molar-refractivity contribution in [2.45, 2.75) is 59.7 Å². The van der Waals surface area contributed by atoms with Crippen LogP contribution in [0.4, 0.5) is 0 Å². The van der Waals surface area contributed by atoms with E-state index in [0.717, 1.165) is 18.9 Å². The predicted octanol–water partition coefficient (Wildman–Crippen LogP) is 2.21. The fourth-order valence-corrected chi connectivity index (χ4v) is 1.61. The van der Waals surface area contributed by atoms with Gasteiger partial charge in [-0.1, -0.05) is 40.5 Å². The lowest BCUT2D eigenvalue weighted by Gasteiger charge is -2.11. The third kappa shape index (κ3) is 4.31. The van der Waals surface area contributed by atoms with Gasteiger partial charge in [-0.25, -0.2) is 4.98 Å². The summed E-state index contributed by atoms with van der Waals surface area (Å²) in [5.41, 5.74) is 0. The molecule has 0 unspecified atom stereocenters. The van der Waals surface area contributed by atoms with Gasteiger partial charge in [0.15, 0.2) is 5.82 Å². The summed E-state index contributed by atoms with van der Waals surface area (Å²) >= 11 is 0. The molecule has 1 aromatic heterocycles. The largest absolute Gasteiger partial charge is 0.308 e. The van der Waals surface area contributed by atoms with Crippen LogP contribution in [0.15, 0.2) is 6.33 Å². The van der Waals surface area contributed by atoms with E-state index >= 15 is 0 Å². The van der Waals surface area contributed by atoms with Crippen LogP contribution in [0.3, 0.4) is 0 Å². The first-order valence-corrected chi connectivity index (χ1v) is 6.27. The van der Waals surface area contributed by atoms with Crippen LogP contribution in [0.2, 0.25) is 0 Å². The summed E-state index contributed by atoms with van der Waals surface area (Å²) in [4.78, 5) is 4.30. The molecule has 0 aliphatic heterocycles. The van der Waals surface area contributed by atoms with Crippen molar-refractivity contribution >= 4 is 0 Å². The highest BCUT2D eigenvalue weighted by atomic mass is 15.3. The van der Waals surface area contributed by atoms with Crippen LogP contribution in [0.5, 0.6) is 0 Å². The second-order valence-electron chi connectivity index (χ2n) is 4.60. The van der Waals surface area contributed by atoms with Crippen molar-refractivity contribution in [3.63, 3.8) is 0 Å². The van der Waals surface area contributed by atoms with Crippen molar-refractivity contribution < 1.29 is 0 Å². The van der Waals surface area contributed by atoms with Crippen molar-refractivity contribution in [2.24, 2.45) is 5.92 Å². The molecule has 0 spiro atoms. The van der Waals surface area contributed by atoms with Gasteiger partial charge in [0, 0.05) is 12.6 Å². The smallest absolute Gasteiger partial charge is 0.164 e. The highest BCUT2D eigenvalue weighted by Gasteiger charge is 2.07. The second kappa shape index (κ2) is 6.63. The average molecular weight is 224 g/mol. The van der Waals surface area contributed by atoms with Crippen molar-refractivity contribution in [2.75, 3.05) is 0 Å². The topological polar surface area (TPSA) is 42.7 Å². The minimum atomic E-state index is 0.478. The predicted molar refractivity (Wildman–Crippen MR) is 66.1 cm³/mol. The van der Waals surface area contributed by atoms with E-state index in [1.54, 1.807) is 0 Å². The van der Waals surface area contributed by atoms with Gasteiger partial charge in [-0.15, -0.1) is 0 Å². The summed E-state index contributed by atoms with van der Waals surface area (Å²) in [5, 5.41) is 7.78. The molecule has 4 heteroatoms. The summed E-state index contributed by atoms with van der Waals surface area (Å²) in [5.74, 6) is 1.60. The molecular formula is C12H24N4. The maximum absolute atomic E-state index is 4.46. The molecule has 0 aliphatic carbocycles. The van der Waals surface area contributed by atoms with Gasteiger partial charge in [0.2, 0.25) is 0 Å². The van der Waals surface area contributed by atoms with Crippen LogP contribution in [0.1, 0.15) is 46.4 Å². The Morgan fingerprint density at radius 3 is 2.56 bits per heavy atom. The molecule has 0 aliphatic rings. The Morgan fingerprint density at radius 1 is 1.31 bits per heavy atom. The van der Waals surface area contributed by atoms with Crippen molar-refractivity contribution in [3.8, 4) is 0 Å². The van der Waals surface area contributed by atoms with Crippen LogP contribution < -0.4 is 5.32 Å². The first-order valence-electron chi connectivity index (χ1n) is 6.27. The Hall–Kier alpha value is -0.900. The van der Waals surface area contributed by atoms with Crippen LogP contribution >= 0.6 is 0 Å². The van der Waals surface area contributed by atoms with Gasteiger partial charge < -0.3 is 5.32 Å². The molecule has 0 bridgehead atoms. The number of nitrogens with zero attached hydrogens (tertiary/aromatic N) is 3. The van der Waals surface area contributed by atoms with E-state index in [0.29, 0.717) is 12.0 Å². The fraction of sp³-hybridized carbons (Fsp3) is 0.833. The summed E-state index contributed by atoms with van der Waals surface area (Å²) in [7, 11) is 0. The van der Waals surface area contributed by atoms with E-state index in [1.807, 2.05) is 11.0 Å². The molecular weight excluding hydrogens is 200 g/mol. The Balaban J connectivity index is 2.44. The zero-order chi connectivity index (χ0) is 12.0. The molecule has 1 N–H and O–H groups in total. The van der Waals surface area contributed by atoms with Gasteiger partial charge in [-0.05, 0) is 5.92 Å². The standard InChI is InChI=1S/C12H24N4/c1-5-11(6-2)8-16-9-14-12(15-16)7-13-10(3)4/h9-11,13H,5-8H2,1-4H3. The summed E-state index contributed by atoms with van der Waals surface area (Å²) in [6.45, 7) is 10.5. The third-order valence-electron chi connectivity index (χ3n) is 2.85.